The molecule has 2 rings (SSSR count). The van der Waals surface area contributed by atoms with Crippen LogP contribution in [0.4, 0.5) is 4.39 Å². The summed E-state index contributed by atoms with van der Waals surface area (Å²) < 4.78 is 19.2. The summed E-state index contributed by atoms with van der Waals surface area (Å²) in [5, 5.41) is 0.939. The third kappa shape index (κ3) is 3.47. The number of para-hydroxylation sites is 1. The van der Waals surface area contributed by atoms with Crippen molar-refractivity contribution in [3.05, 3.63) is 30.1 Å². The summed E-state index contributed by atoms with van der Waals surface area (Å²) in [6.45, 7) is 0.610. The van der Waals surface area contributed by atoms with Crippen molar-refractivity contribution in [2.24, 2.45) is 5.41 Å². The minimum Gasteiger partial charge on any atom is -0.490 e. The van der Waals surface area contributed by atoms with Crippen LogP contribution in [0.25, 0.3) is 0 Å². The predicted octanol–water partition coefficient (Wildman–Crippen LogP) is 4.94. The van der Waals surface area contributed by atoms with Crippen molar-refractivity contribution in [1.29, 1.82) is 0 Å². The Morgan fingerprint density at radius 2 is 1.78 bits per heavy atom. The van der Waals surface area contributed by atoms with Crippen LogP contribution in [0.2, 0.25) is 0 Å². The second-order valence-corrected chi connectivity index (χ2v) is 5.83. The molecule has 0 aromatic heterocycles. The molecule has 0 unspecified atom stereocenters. The minimum absolute atomic E-state index is 0.179. The molecule has 0 heterocycles. The van der Waals surface area contributed by atoms with E-state index < -0.39 is 0 Å². The highest BCUT2D eigenvalue weighted by atomic mass is 79.9. The first-order chi connectivity index (χ1) is 8.76. The van der Waals surface area contributed by atoms with Crippen LogP contribution in [0.3, 0.4) is 0 Å². The van der Waals surface area contributed by atoms with Gasteiger partial charge in [-0.15, -0.1) is 0 Å². The molecule has 1 aromatic carbocycles. The molecule has 1 nitrogen and oxygen atoms in total. The highest BCUT2D eigenvalue weighted by Gasteiger charge is 2.31. The van der Waals surface area contributed by atoms with E-state index in [9.17, 15) is 4.39 Å². The van der Waals surface area contributed by atoms with Gasteiger partial charge in [0.15, 0.2) is 11.6 Å². The maximum atomic E-state index is 13.5. The molecule has 1 aliphatic carbocycles. The summed E-state index contributed by atoms with van der Waals surface area (Å²) in [6.07, 6.45) is 7.49. The van der Waals surface area contributed by atoms with Crippen molar-refractivity contribution in [3.8, 4) is 5.75 Å². The molecule has 1 aromatic rings. The summed E-state index contributed by atoms with van der Waals surface area (Å²) >= 11 is 3.62. The van der Waals surface area contributed by atoms with Crippen LogP contribution in [0.1, 0.15) is 38.5 Å². The Morgan fingerprint density at radius 3 is 2.39 bits per heavy atom. The fraction of sp³-hybridized carbons (Fsp3) is 0.600. The molecule has 100 valence electrons. The Kier molecular flexibility index (Phi) is 5.04. The molecule has 0 aliphatic heterocycles. The van der Waals surface area contributed by atoms with Gasteiger partial charge in [0.1, 0.15) is 0 Å². The number of ether oxygens (including phenoxy) is 1. The molecule has 0 saturated heterocycles. The fourth-order valence-corrected chi connectivity index (χ4v) is 3.31. The van der Waals surface area contributed by atoms with Gasteiger partial charge in [-0.1, -0.05) is 53.7 Å². The van der Waals surface area contributed by atoms with Gasteiger partial charge in [-0.05, 0) is 25.0 Å². The van der Waals surface area contributed by atoms with Gasteiger partial charge in [0, 0.05) is 10.7 Å². The summed E-state index contributed by atoms with van der Waals surface area (Å²) in [6, 6.07) is 6.65. The van der Waals surface area contributed by atoms with E-state index in [2.05, 4.69) is 15.9 Å². The third-order valence-corrected chi connectivity index (χ3v) is 5.01. The lowest BCUT2D eigenvalue weighted by Gasteiger charge is -2.30. The summed E-state index contributed by atoms with van der Waals surface area (Å²) in [4.78, 5) is 0. The number of hydrogen-bond acceptors (Lipinski definition) is 1. The van der Waals surface area contributed by atoms with E-state index in [1.807, 2.05) is 6.07 Å². The second-order valence-electron chi connectivity index (χ2n) is 5.27. The number of rotatable bonds is 4. The largest absolute Gasteiger partial charge is 0.490 e. The molecule has 0 N–H and O–H groups in total. The summed E-state index contributed by atoms with van der Waals surface area (Å²) in [5.74, 6) is 0.109. The van der Waals surface area contributed by atoms with Gasteiger partial charge in [0.05, 0.1) is 6.61 Å². The van der Waals surface area contributed by atoms with E-state index in [0.717, 1.165) is 5.33 Å². The smallest absolute Gasteiger partial charge is 0.165 e. The van der Waals surface area contributed by atoms with E-state index in [1.54, 1.807) is 12.1 Å². The van der Waals surface area contributed by atoms with Crippen LogP contribution in [-0.2, 0) is 0 Å². The van der Waals surface area contributed by atoms with Crippen LogP contribution in [0.15, 0.2) is 24.3 Å². The van der Waals surface area contributed by atoms with Crippen molar-refractivity contribution in [2.75, 3.05) is 11.9 Å². The first-order valence-electron chi connectivity index (χ1n) is 6.69. The zero-order chi connectivity index (χ0) is 12.8. The molecule has 0 atom stereocenters. The van der Waals surface area contributed by atoms with Gasteiger partial charge in [0.25, 0.3) is 0 Å². The van der Waals surface area contributed by atoms with Crippen LogP contribution in [0.5, 0.6) is 5.75 Å². The lowest BCUT2D eigenvalue weighted by atomic mass is 9.83. The SMILES string of the molecule is Fc1ccccc1OCC1(CBr)CCCCCC1. The fourth-order valence-electron chi connectivity index (χ4n) is 2.59. The minimum atomic E-state index is -0.268. The van der Waals surface area contributed by atoms with E-state index in [-0.39, 0.29) is 11.2 Å². The molecular formula is C15H20BrFO. The average molecular weight is 315 g/mol. The zero-order valence-corrected chi connectivity index (χ0v) is 12.2. The first kappa shape index (κ1) is 13.9. The van der Waals surface area contributed by atoms with Gasteiger partial charge >= 0.3 is 0 Å². The molecule has 1 fully saturated rings. The quantitative estimate of drug-likeness (QED) is 0.565. The topological polar surface area (TPSA) is 9.23 Å². The molecule has 1 aliphatic rings. The van der Waals surface area contributed by atoms with Crippen LogP contribution in [0, 0.1) is 11.2 Å². The number of alkyl halides is 1. The second kappa shape index (κ2) is 6.55. The Hall–Kier alpha value is -0.570. The Balaban J connectivity index is 2.00. The van der Waals surface area contributed by atoms with Crippen LogP contribution >= 0.6 is 15.9 Å². The van der Waals surface area contributed by atoms with Crippen molar-refractivity contribution in [3.63, 3.8) is 0 Å². The lowest BCUT2D eigenvalue weighted by Crippen LogP contribution is -2.30. The predicted molar refractivity (Wildman–Crippen MR) is 75.8 cm³/mol. The molecule has 3 heteroatoms. The van der Waals surface area contributed by atoms with E-state index in [0.29, 0.717) is 12.4 Å². The highest BCUT2D eigenvalue weighted by Crippen LogP contribution is 2.37. The average Bonchev–Trinajstić information content (AvgIpc) is 2.64. The number of halogens is 2. The standard InChI is InChI=1S/C15H20BrFO/c16-11-15(9-5-1-2-6-10-15)12-18-14-8-4-3-7-13(14)17/h3-4,7-8H,1-2,5-6,9-12H2. The molecule has 0 amide bonds. The zero-order valence-electron chi connectivity index (χ0n) is 10.6. The first-order valence-corrected chi connectivity index (χ1v) is 7.81. The normalized spacial score (nSPS) is 19.2. The molecule has 0 bridgehead atoms. The maximum absolute atomic E-state index is 13.5. The molecule has 0 radical (unpaired) electrons. The Labute approximate surface area is 117 Å². The van der Waals surface area contributed by atoms with E-state index in [1.165, 1.54) is 44.6 Å². The number of hydrogen-bond donors (Lipinski definition) is 0. The van der Waals surface area contributed by atoms with Gasteiger partial charge in [-0.2, -0.15) is 0 Å². The van der Waals surface area contributed by atoms with Crippen LogP contribution < -0.4 is 4.74 Å². The van der Waals surface area contributed by atoms with Crippen molar-refractivity contribution in [1.82, 2.24) is 0 Å². The molecular weight excluding hydrogens is 295 g/mol. The number of benzene rings is 1. The summed E-state index contributed by atoms with van der Waals surface area (Å²) in [5.41, 5.74) is 0.179. The molecule has 18 heavy (non-hydrogen) atoms. The van der Waals surface area contributed by atoms with Crippen molar-refractivity contribution >= 4 is 15.9 Å². The monoisotopic (exact) mass is 314 g/mol. The maximum Gasteiger partial charge on any atom is 0.165 e. The van der Waals surface area contributed by atoms with Crippen LogP contribution in [-0.4, -0.2) is 11.9 Å². The van der Waals surface area contributed by atoms with Gasteiger partial charge < -0.3 is 4.74 Å². The highest BCUT2D eigenvalue weighted by molar-refractivity contribution is 9.09. The van der Waals surface area contributed by atoms with Gasteiger partial charge in [-0.3, -0.25) is 0 Å². The van der Waals surface area contributed by atoms with Crippen molar-refractivity contribution in [2.45, 2.75) is 38.5 Å². The van der Waals surface area contributed by atoms with E-state index >= 15 is 0 Å². The lowest BCUT2D eigenvalue weighted by molar-refractivity contribution is 0.145. The Morgan fingerprint density at radius 1 is 1.11 bits per heavy atom. The van der Waals surface area contributed by atoms with E-state index in [4.69, 9.17) is 4.74 Å². The molecule has 0 spiro atoms. The third-order valence-electron chi connectivity index (χ3n) is 3.82. The van der Waals surface area contributed by atoms with Gasteiger partial charge in [-0.25, -0.2) is 4.39 Å². The Bertz CT molecular complexity index is 373. The summed E-state index contributed by atoms with van der Waals surface area (Å²) in [7, 11) is 0. The van der Waals surface area contributed by atoms with Gasteiger partial charge in [0.2, 0.25) is 0 Å². The van der Waals surface area contributed by atoms with Crippen molar-refractivity contribution < 1.29 is 9.13 Å². The molecule has 1 saturated carbocycles.